The van der Waals surface area contributed by atoms with Crippen molar-refractivity contribution < 1.29 is 44.3 Å². The summed E-state index contributed by atoms with van der Waals surface area (Å²) in [6.45, 7) is 4.95. The van der Waals surface area contributed by atoms with E-state index in [1.807, 2.05) is 0 Å². The first-order chi connectivity index (χ1) is 17.9. The van der Waals surface area contributed by atoms with E-state index in [-0.39, 0.29) is 46.3 Å². The Balaban J connectivity index is 1.99. The van der Waals surface area contributed by atoms with Crippen LogP contribution in [0.15, 0.2) is 29.3 Å². The molecular weight excluding hydrogens is 565 g/mol. The number of alkyl halides is 3. The van der Waals surface area contributed by atoms with Gasteiger partial charge in [0.25, 0.3) is 10.0 Å². The quantitative estimate of drug-likeness (QED) is 0.413. The van der Waals surface area contributed by atoms with Crippen LogP contribution in [-0.2, 0) is 42.5 Å². The van der Waals surface area contributed by atoms with Gasteiger partial charge in [-0.05, 0) is 52.4 Å². The first-order valence-corrected chi connectivity index (χ1v) is 15.1. The van der Waals surface area contributed by atoms with Gasteiger partial charge < -0.3 is 9.47 Å². The minimum atomic E-state index is -4.78. The van der Waals surface area contributed by atoms with E-state index in [0.717, 1.165) is 18.2 Å². The van der Waals surface area contributed by atoms with Crippen LogP contribution in [0.3, 0.4) is 0 Å². The predicted octanol–water partition coefficient (Wildman–Crippen LogP) is 2.53. The third-order valence-electron chi connectivity index (χ3n) is 6.17. The molecule has 218 valence electrons. The average molecular weight is 597 g/mol. The lowest BCUT2D eigenvalue weighted by Crippen LogP contribution is -2.44. The molecule has 1 aromatic heterocycles. The summed E-state index contributed by atoms with van der Waals surface area (Å²) in [5.74, 6) is -1.37. The van der Waals surface area contributed by atoms with E-state index < -0.39 is 50.3 Å². The maximum atomic E-state index is 13.8. The van der Waals surface area contributed by atoms with E-state index in [1.165, 1.54) is 43.0 Å². The van der Waals surface area contributed by atoms with Gasteiger partial charge in [-0.15, -0.1) is 0 Å². The van der Waals surface area contributed by atoms with Crippen molar-refractivity contribution in [1.82, 2.24) is 14.5 Å². The molecule has 0 fully saturated rings. The lowest BCUT2D eigenvalue weighted by molar-refractivity contribution is -0.257. The van der Waals surface area contributed by atoms with E-state index >= 15 is 0 Å². The summed E-state index contributed by atoms with van der Waals surface area (Å²) < 4.78 is 106. The fourth-order valence-electron chi connectivity index (χ4n) is 3.81. The molecule has 0 radical (unpaired) electrons. The van der Waals surface area contributed by atoms with Gasteiger partial charge >= 0.3 is 12.1 Å². The molecular formula is C23H31F3N4O7S2. The maximum Gasteiger partial charge on any atom is 0.427 e. The van der Waals surface area contributed by atoms with E-state index in [2.05, 4.69) is 14.6 Å². The smallest absolute Gasteiger partial charge is 0.427 e. The zero-order valence-corrected chi connectivity index (χ0v) is 23.7. The molecule has 1 aliphatic heterocycles. The highest BCUT2D eigenvalue weighted by Crippen LogP contribution is 2.39. The van der Waals surface area contributed by atoms with E-state index in [4.69, 9.17) is 4.74 Å². The SMILES string of the molecule is CCn1cc(S(=O)(=O)N2C[C@H](CCS(=O)(=O)NC)Oc3ccc(CC(=O)OC(C)(C)C(F)(F)F)cc32)c(C)n1. The number of fused-ring (bicyclic) bond motifs is 1. The second kappa shape index (κ2) is 11.0. The summed E-state index contributed by atoms with van der Waals surface area (Å²) in [7, 11) is -6.57. The maximum absolute atomic E-state index is 13.8. The molecule has 3 rings (SSSR count). The molecule has 0 unspecified atom stereocenters. The molecule has 0 aliphatic carbocycles. The van der Waals surface area contributed by atoms with Crippen LogP contribution in [-0.4, -0.2) is 69.8 Å². The number of rotatable bonds is 10. The molecule has 0 spiro atoms. The highest BCUT2D eigenvalue weighted by molar-refractivity contribution is 7.93. The van der Waals surface area contributed by atoms with Gasteiger partial charge in [0.2, 0.25) is 15.6 Å². The number of carbonyl (C=O) groups is 1. The normalized spacial score (nSPS) is 16.5. The number of sulfonamides is 2. The Morgan fingerprint density at radius 1 is 1.23 bits per heavy atom. The summed E-state index contributed by atoms with van der Waals surface area (Å²) >= 11 is 0. The summed E-state index contributed by atoms with van der Waals surface area (Å²) in [6, 6.07) is 4.11. The Kier molecular flexibility index (Phi) is 8.63. The molecule has 1 atom stereocenters. The van der Waals surface area contributed by atoms with Gasteiger partial charge in [-0.2, -0.15) is 18.3 Å². The van der Waals surface area contributed by atoms with Crippen LogP contribution in [0.4, 0.5) is 18.9 Å². The minimum Gasteiger partial charge on any atom is -0.486 e. The summed E-state index contributed by atoms with van der Waals surface area (Å²) in [6.07, 6.45) is -4.82. The topological polar surface area (TPSA) is 137 Å². The van der Waals surface area contributed by atoms with Gasteiger partial charge in [-0.25, -0.2) is 21.6 Å². The Morgan fingerprint density at radius 3 is 2.46 bits per heavy atom. The van der Waals surface area contributed by atoms with Crippen LogP contribution in [0, 0.1) is 6.92 Å². The number of aryl methyl sites for hydroxylation is 2. The van der Waals surface area contributed by atoms with Crippen molar-refractivity contribution in [2.45, 2.75) is 69.9 Å². The van der Waals surface area contributed by atoms with Crippen LogP contribution in [0.5, 0.6) is 5.75 Å². The van der Waals surface area contributed by atoms with Crippen molar-refractivity contribution in [3.05, 3.63) is 35.7 Å². The third-order valence-corrected chi connectivity index (χ3v) is 9.45. The van der Waals surface area contributed by atoms with Crippen LogP contribution in [0.2, 0.25) is 0 Å². The Morgan fingerprint density at radius 2 is 1.90 bits per heavy atom. The number of anilines is 1. The van der Waals surface area contributed by atoms with Crippen LogP contribution < -0.4 is 13.8 Å². The molecule has 1 aromatic carbocycles. The number of nitrogens with one attached hydrogen (secondary N) is 1. The Labute approximate surface area is 225 Å². The van der Waals surface area contributed by atoms with E-state index in [0.29, 0.717) is 6.54 Å². The molecule has 0 saturated carbocycles. The molecule has 0 saturated heterocycles. The third kappa shape index (κ3) is 6.84. The first-order valence-electron chi connectivity index (χ1n) is 12.0. The van der Waals surface area contributed by atoms with Crippen LogP contribution in [0.25, 0.3) is 0 Å². The first kappa shape index (κ1) is 30.7. The Bertz CT molecular complexity index is 1440. The number of nitrogens with zero attached hydrogens (tertiary/aromatic N) is 3. The van der Waals surface area contributed by atoms with Gasteiger partial charge in [0.15, 0.2) is 0 Å². The van der Waals surface area contributed by atoms with Crippen molar-refractivity contribution in [3.8, 4) is 5.75 Å². The number of esters is 1. The average Bonchev–Trinajstić information content (AvgIpc) is 3.22. The molecule has 11 nitrogen and oxygen atoms in total. The predicted molar refractivity (Wildman–Crippen MR) is 135 cm³/mol. The van der Waals surface area contributed by atoms with E-state index in [1.54, 1.807) is 6.92 Å². The molecule has 1 aliphatic rings. The van der Waals surface area contributed by atoms with Crippen molar-refractivity contribution in [1.29, 1.82) is 0 Å². The van der Waals surface area contributed by atoms with Crippen LogP contribution >= 0.6 is 0 Å². The fraction of sp³-hybridized carbons (Fsp3) is 0.565. The second-order valence-electron chi connectivity index (χ2n) is 9.48. The standard InChI is InChI=1S/C23H31F3N4O7S2/c1-6-29-14-20(15(2)28-29)39(34,35)30-13-17(9-10-38(32,33)27-5)36-19-8-7-16(11-18(19)30)12-21(31)37-22(3,4)23(24,25)26/h7-8,11,14,17,27H,6,9-10,12-13H2,1-5H3/t17-/m0/s1. The molecule has 16 heteroatoms. The Hall–Kier alpha value is -2.85. The van der Waals surface area contributed by atoms with Gasteiger partial charge in [0, 0.05) is 19.2 Å². The van der Waals surface area contributed by atoms with Crippen molar-refractivity contribution in [2.75, 3.05) is 23.7 Å². The highest BCUT2D eigenvalue weighted by atomic mass is 32.2. The molecule has 2 aromatic rings. The molecule has 39 heavy (non-hydrogen) atoms. The lowest BCUT2D eigenvalue weighted by atomic mass is 10.1. The highest BCUT2D eigenvalue weighted by Gasteiger charge is 2.50. The molecule has 1 N–H and O–H groups in total. The molecule has 2 heterocycles. The van der Waals surface area contributed by atoms with Crippen molar-refractivity contribution in [2.24, 2.45) is 0 Å². The molecule has 0 bridgehead atoms. The van der Waals surface area contributed by atoms with Gasteiger partial charge in [0.05, 0.1) is 30.1 Å². The lowest BCUT2D eigenvalue weighted by Gasteiger charge is -2.35. The van der Waals surface area contributed by atoms with Gasteiger partial charge in [0.1, 0.15) is 16.7 Å². The summed E-state index contributed by atoms with van der Waals surface area (Å²) in [5, 5.41) is 4.19. The number of carbonyl (C=O) groups excluding carboxylic acids is 1. The number of hydrogen-bond donors (Lipinski definition) is 1. The minimum absolute atomic E-state index is 0.0254. The number of hydrogen-bond acceptors (Lipinski definition) is 8. The second-order valence-corrected chi connectivity index (χ2v) is 13.4. The van der Waals surface area contributed by atoms with Gasteiger partial charge in [-0.3, -0.25) is 13.8 Å². The van der Waals surface area contributed by atoms with Crippen LogP contribution in [0.1, 0.15) is 38.4 Å². The van der Waals surface area contributed by atoms with Crippen molar-refractivity contribution in [3.63, 3.8) is 0 Å². The van der Waals surface area contributed by atoms with Crippen molar-refractivity contribution >= 4 is 31.7 Å². The molecule has 0 amide bonds. The summed E-state index contributed by atoms with van der Waals surface area (Å²) in [4.78, 5) is 12.3. The summed E-state index contributed by atoms with van der Waals surface area (Å²) in [5.41, 5.74) is -2.23. The fourth-order valence-corrected chi connectivity index (χ4v) is 6.26. The number of benzene rings is 1. The largest absolute Gasteiger partial charge is 0.486 e. The van der Waals surface area contributed by atoms with E-state index in [9.17, 15) is 34.8 Å². The number of halogens is 3. The number of ether oxygens (including phenoxy) is 2. The monoisotopic (exact) mass is 596 g/mol. The van der Waals surface area contributed by atoms with Gasteiger partial charge in [-0.1, -0.05) is 6.07 Å². The number of aromatic nitrogens is 2. The zero-order chi connectivity index (χ0) is 29.4. The zero-order valence-electron chi connectivity index (χ0n) is 22.1.